The van der Waals surface area contributed by atoms with E-state index in [1.54, 1.807) is 18.2 Å². The fraction of sp³-hybridized carbons (Fsp3) is 0.0625. The van der Waals surface area contributed by atoms with Crippen LogP contribution in [0.1, 0.15) is 11.3 Å². The molecule has 0 saturated carbocycles. The van der Waals surface area contributed by atoms with Gasteiger partial charge in [-0.25, -0.2) is 4.39 Å². The minimum Gasteiger partial charge on any atom is -0.353 e. The van der Waals surface area contributed by atoms with Crippen LogP contribution in [-0.2, 0) is 0 Å². The first-order valence-corrected chi connectivity index (χ1v) is 6.07. The van der Waals surface area contributed by atoms with Gasteiger partial charge in [-0.3, -0.25) is 4.98 Å². The third kappa shape index (κ3) is 1.93. The van der Waals surface area contributed by atoms with Gasteiger partial charge in [-0.2, -0.15) is 0 Å². The van der Waals surface area contributed by atoms with Crippen LogP contribution in [0.25, 0.3) is 28.4 Å². The van der Waals surface area contributed by atoms with Crippen LogP contribution >= 0.6 is 0 Å². The Kier molecular flexibility index (Phi) is 2.67. The summed E-state index contributed by atoms with van der Waals surface area (Å²) in [5.41, 5.74) is 4.22. The Morgan fingerprint density at radius 1 is 1.26 bits per heavy atom. The molecule has 1 N–H and O–H groups in total. The number of hydrogen-bond donors (Lipinski definition) is 1. The van der Waals surface area contributed by atoms with Crippen LogP contribution in [0.3, 0.4) is 0 Å². The first kappa shape index (κ1) is 11.7. The van der Waals surface area contributed by atoms with E-state index in [1.807, 2.05) is 25.1 Å². The molecule has 0 amide bonds. The van der Waals surface area contributed by atoms with E-state index in [-0.39, 0.29) is 5.82 Å². The summed E-state index contributed by atoms with van der Waals surface area (Å²) >= 11 is 0. The molecule has 0 unspecified atom stereocenters. The molecular formula is C16H13FN2. The van der Waals surface area contributed by atoms with Gasteiger partial charge in [0.1, 0.15) is 5.82 Å². The lowest BCUT2D eigenvalue weighted by Crippen LogP contribution is -1.90. The average molecular weight is 252 g/mol. The maximum Gasteiger partial charge on any atom is 0.132 e. The summed E-state index contributed by atoms with van der Waals surface area (Å²) in [4.78, 5) is 7.72. The molecule has 19 heavy (non-hydrogen) atoms. The molecule has 2 nitrogen and oxygen atoms in total. The van der Waals surface area contributed by atoms with Crippen molar-refractivity contribution in [1.29, 1.82) is 0 Å². The molecule has 1 aromatic carbocycles. The Bertz CT molecular complexity index is 772. The zero-order valence-corrected chi connectivity index (χ0v) is 10.6. The minimum atomic E-state index is -0.229. The highest BCUT2D eigenvalue weighted by atomic mass is 19.1. The van der Waals surface area contributed by atoms with Crippen LogP contribution < -0.4 is 0 Å². The Labute approximate surface area is 110 Å². The normalized spacial score (nSPS) is 10.8. The van der Waals surface area contributed by atoms with E-state index in [2.05, 4.69) is 16.5 Å². The number of aromatic amines is 1. The number of rotatable bonds is 2. The molecule has 0 fully saturated rings. The smallest absolute Gasteiger partial charge is 0.132 e. The van der Waals surface area contributed by atoms with E-state index in [0.29, 0.717) is 5.39 Å². The number of aryl methyl sites for hydroxylation is 1. The molecule has 0 aliphatic heterocycles. The van der Waals surface area contributed by atoms with Gasteiger partial charge in [0.05, 0.1) is 11.4 Å². The monoisotopic (exact) mass is 252 g/mol. The fourth-order valence-electron chi connectivity index (χ4n) is 2.19. The molecule has 0 aliphatic rings. The number of pyridine rings is 1. The minimum absolute atomic E-state index is 0.229. The summed E-state index contributed by atoms with van der Waals surface area (Å²) in [5, 5.41) is 0.579. The van der Waals surface area contributed by atoms with Crippen molar-refractivity contribution in [1.82, 2.24) is 9.97 Å². The molecule has 94 valence electrons. The molecule has 0 spiro atoms. The van der Waals surface area contributed by atoms with E-state index >= 15 is 0 Å². The van der Waals surface area contributed by atoms with Crippen LogP contribution in [0.15, 0.2) is 43.0 Å². The third-order valence-electron chi connectivity index (χ3n) is 3.15. The van der Waals surface area contributed by atoms with Crippen molar-refractivity contribution in [2.24, 2.45) is 0 Å². The fourth-order valence-corrected chi connectivity index (χ4v) is 2.19. The van der Waals surface area contributed by atoms with Gasteiger partial charge in [0.2, 0.25) is 0 Å². The van der Waals surface area contributed by atoms with Crippen molar-refractivity contribution < 1.29 is 4.39 Å². The van der Waals surface area contributed by atoms with Crippen LogP contribution in [0.4, 0.5) is 4.39 Å². The Balaban J connectivity index is 2.27. The molecule has 3 aromatic rings. The van der Waals surface area contributed by atoms with Gasteiger partial charge in [0, 0.05) is 22.2 Å². The van der Waals surface area contributed by atoms with Crippen molar-refractivity contribution in [2.75, 3.05) is 0 Å². The first-order valence-electron chi connectivity index (χ1n) is 6.07. The summed E-state index contributed by atoms with van der Waals surface area (Å²) in [6, 6.07) is 10.7. The van der Waals surface area contributed by atoms with E-state index in [1.165, 1.54) is 6.07 Å². The maximum absolute atomic E-state index is 13.7. The molecule has 2 aromatic heterocycles. The van der Waals surface area contributed by atoms with Gasteiger partial charge in [0.15, 0.2) is 0 Å². The summed E-state index contributed by atoms with van der Waals surface area (Å²) in [6.07, 6.45) is 1.75. The molecule has 0 radical (unpaired) electrons. The summed E-state index contributed by atoms with van der Waals surface area (Å²) in [6.45, 7) is 5.72. The Morgan fingerprint density at radius 2 is 2.11 bits per heavy atom. The van der Waals surface area contributed by atoms with Gasteiger partial charge >= 0.3 is 0 Å². The lowest BCUT2D eigenvalue weighted by Gasteiger charge is -2.04. The van der Waals surface area contributed by atoms with Crippen LogP contribution in [0, 0.1) is 12.7 Å². The third-order valence-corrected chi connectivity index (χ3v) is 3.15. The summed E-state index contributed by atoms with van der Waals surface area (Å²) in [5.74, 6) is -0.229. The Morgan fingerprint density at radius 3 is 2.84 bits per heavy atom. The first-order chi connectivity index (χ1) is 9.19. The number of halogens is 1. The number of H-pyrrole nitrogens is 1. The van der Waals surface area contributed by atoms with E-state index in [9.17, 15) is 4.39 Å². The largest absolute Gasteiger partial charge is 0.353 e. The van der Waals surface area contributed by atoms with Crippen molar-refractivity contribution in [3.8, 4) is 11.4 Å². The molecule has 3 rings (SSSR count). The number of nitrogens with one attached hydrogen (secondary N) is 1. The second kappa shape index (κ2) is 4.35. The van der Waals surface area contributed by atoms with Gasteiger partial charge in [-0.1, -0.05) is 24.8 Å². The number of nitrogens with zero attached hydrogens (tertiary/aromatic N) is 1. The number of hydrogen-bond acceptors (Lipinski definition) is 1. The summed E-state index contributed by atoms with van der Waals surface area (Å²) < 4.78 is 13.7. The standard InChI is InChI=1S/C16H13FN2/c1-3-11-8-7-10(2)18-16(11)15-9-12-13(17)5-4-6-14(12)19-15/h3-9,19H,1H2,2H3. The van der Waals surface area contributed by atoms with Crippen LogP contribution in [0.5, 0.6) is 0 Å². The highest BCUT2D eigenvalue weighted by molar-refractivity contribution is 5.87. The van der Waals surface area contributed by atoms with Crippen LogP contribution in [0.2, 0.25) is 0 Å². The zero-order chi connectivity index (χ0) is 13.4. The molecular weight excluding hydrogens is 239 g/mol. The topological polar surface area (TPSA) is 28.7 Å². The molecule has 0 bridgehead atoms. The number of benzene rings is 1. The van der Waals surface area contributed by atoms with E-state index in [4.69, 9.17) is 0 Å². The van der Waals surface area contributed by atoms with Crippen molar-refractivity contribution in [3.63, 3.8) is 0 Å². The Hall–Kier alpha value is -2.42. The molecule has 3 heteroatoms. The lowest BCUT2D eigenvalue weighted by molar-refractivity contribution is 0.640. The summed E-state index contributed by atoms with van der Waals surface area (Å²) in [7, 11) is 0. The second-order valence-corrected chi connectivity index (χ2v) is 4.48. The predicted molar refractivity (Wildman–Crippen MR) is 76.3 cm³/mol. The molecule has 2 heterocycles. The van der Waals surface area contributed by atoms with Gasteiger partial charge < -0.3 is 4.98 Å². The second-order valence-electron chi connectivity index (χ2n) is 4.48. The average Bonchev–Trinajstić information content (AvgIpc) is 2.84. The lowest BCUT2D eigenvalue weighted by atomic mass is 10.1. The van der Waals surface area contributed by atoms with Gasteiger partial charge in [0.25, 0.3) is 0 Å². The van der Waals surface area contributed by atoms with E-state index in [0.717, 1.165) is 28.2 Å². The number of aromatic nitrogens is 2. The number of fused-ring (bicyclic) bond motifs is 1. The predicted octanol–water partition coefficient (Wildman–Crippen LogP) is 4.32. The van der Waals surface area contributed by atoms with Crippen molar-refractivity contribution in [2.45, 2.75) is 6.92 Å². The van der Waals surface area contributed by atoms with Crippen molar-refractivity contribution in [3.05, 3.63) is 60.1 Å². The highest BCUT2D eigenvalue weighted by Gasteiger charge is 2.10. The highest BCUT2D eigenvalue weighted by Crippen LogP contribution is 2.27. The van der Waals surface area contributed by atoms with Gasteiger partial charge in [-0.05, 0) is 31.2 Å². The molecule has 0 atom stereocenters. The SMILES string of the molecule is C=Cc1ccc(C)nc1-c1cc2c(F)cccc2[nH]1. The van der Waals surface area contributed by atoms with E-state index < -0.39 is 0 Å². The molecule has 0 saturated heterocycles. The zero-order valence-electron chi connectivity index (χ0n) is 10.6. The maximum atomic E-state index is 13.7. The van der Waals surface area contributed by atoms with Crippen LogP contribution in [-0.4, -0.2) is 9.97 Å². The van der Waals surface area contributed by atoms with Gasteiger partial charge in [-0.15, -0.1) is 0 Å². The molecule has 0 aliphatic carbocycles. The van der Waals surface area contributed by atoms with Crippen molar-refractivity contribution >= 4 is 17.0 Å². The quantitative estimate of drug-likeness (QED) is 0.723.